The summed E-state index contributed by atoms with van der Waals surface area (Å²) in [5.74, 6) is 1.43. The molecule has 0 amide bonds. The van der Waals surface area contributed by atoms with Gasteiger partial charge in [-0.05, 0) is 42.8 Å². The molecular formula is C20H19ClN4O2. The molecule has 4 rings (SSSR count). The molecule has 0 spiro atoms. The fraction of sp³-hybridized carbons (Fsp3) is 0.150. The highest BCUT2D eigenvalue weighted by molar-refractivity contribution is 6.33. The van der Waals surface area contributed by atoms with E-state index in [-0.39, 0.29) is 0 Å². The van der Waals surface area contributed by atoms with E-state index in [4.69, 9.17) is 26.5 Å². The van der Waals surface area contributed by atoms with Crippen molar-refractivity contribution in [1.29, 1.82) is 0 Å². The lowest BCUT2D eigenvalue weighted by Crippen LogP contribution is -1.99. The molecule has 0 aliphatic rings. The van der Waals surface area contributed by atoms with E-state index in [0.29, 0.717) is 23.1 Å². The van der Waals surface area contributed by atoms with E-state index in [1.807, 2.05) is 53.9 Å². The van der Waals surface area contributed by atoms with Gasteiger partial charge in [0.05, 0.1) is 23.5 Å². The first-order chi connectivity index (χ1) is 13.1. The zero-order valence-corrected chi connectivity index (χ0v) is 15.7. The van der Waals surface area contributed by atoms with Crippen molar-refractivity contribution in [2.45, 2.75) is 13.5 Å². The summed E-state index contributed by atoms with van der Waals surface area (Å²) in [7, 11) is 1.64. The fourth-order valence-corrected chi connectivity index (χ4v) is 3.35. The molecule has 27 heavy (non-hydrogen) atoms. The van der Waals surface area contributed by atoms with Gasteiger partial charge in [0.2, 0.25) is 0 Å². The maximum absolute atomic E-state index is 6.37. The molecule has 4 aromatic rings. The third-order valence-corrected chi connectivity index (χ3v) is 4.65. The molecule has 3 N–H and O–H groups in total. The SMILES string of the molecule is COc1ccc(Nc2cc(-c3c(C)nc4c(Cl)cc(CN)cn34)co2)cc1. The van der Waals surface area contributed by atoms with Crippen LogP contribution in [-0.4, -0.2) is 16.5 Å². The minimum absolute atomic E-state index is 0.405. The van der Waals surface area contributed by atoms with E-state index in [1.54, 1.807) is 13.4 Å². The second kappa shape index (κ2) is 6.98. The summed E-state index contributed by atoms with van der Waals surface area (Å²) in [5, 5.41) is 3.82. The molecule has 6 nitrogen and oxygen atoms in total. The molecule has 0 bridgehead atoms. The molecular weight excluding hydrogens is 364 g/mol. The number of halogens is 1. The van der Waals surface area contributed by atoms with Gasteiger partial charge >= 0.3 is 0 Å². The van der Waals surface area contributed by atoms with Crippen LogP contribution in [0.1, 0.15) is 11.3 Å². The molecule has 0 fully saturated rings. The van der Waals surface area contributed by atoms with Crippen LogP contribution in [0.3, 0.4) is 0 Å². The highest BCUT2D eigenvalue weighted by Gasteiger charge is 2.16. The van der Waals surface area contributed by atoms with Crippen molar-refractivity contribution in [1.82, 2.24) is 9.38 Å². The van der Waals surface area contributed by atoms with Crippen LogP contribution < -0.4 is 15.8 Å². The molecule has 0 radical (unpaired) electrons. The van der Waals surface area contributed by atoms with Gasteiger partial charge in [-0.1, -0.05) is 11.6 Å². The van der Waals surface area contributed by atoms with E-state index in [0.717, 1.165) is 34.0 Å². The van der Waals surface area contributed by atoms with Crippen molar-refractivity contribution in [3.05, 3.63) is 65.1 Å². The van der Waals surface area contributed by atoms with Gasteiger partial charge in [0.25, 0.3) is 0 Å². The third kappa shape index (κ3) is 3.25. The lowest BCUT2D eigenvalue weighted by molar-refractivity contribution is 0.415. The summed E-state index contributed by atoms with van der Waals surface area (Å²) in [6, 6.07) is 11.4. The first kappa shape index (κ1) is 17.5. The number of fused-ring (bicyclic) bond motifs is 1. The van der Waals surface area contributed by atoms with Gasteiger partial charge in [0, 0.05) is 30.1 Å². The number of aromatic nitrogens is 2. The Morgan fingerprint density at radius 3 is 2.74 bits per heavy atom. The quantitative estimate of drug-likeness (QED) is 0.520. The van der Waals surface area contributed by atoms with Crippen LogP contribution in [0, 0.1) is 6.92 Å². The van der Waals surface area contributed by atoms with Crippen molar-refractivity contribution >= 4 is 28.8 Å². The van der Waals surface area contributed by atoms with Crippen LogP contribution in [0.4, 0.5) is 11.6 Å². The number of nitrogens with two attached hydrogens (primary N) is 1. The Labute approximate surface area is 161 Å². The van der Waals surface area contributed by atoms with Crippen LogP contribution >= 0.6 is 11.6 Å². The van der Waals surface area contributed by atoms with Crippen molar-refractivity contribution in [3.63, 3.8) is 0 Å². The summed E-state index contributed by atoms with van der Waals surface area (Å²) in [6.45, 7) is 2.35. The molecule has 3 aromatic heterocycles. The number of hydrogen-bond donors (Lipinski definition) is 2. The summed E-state index contributed by atoms with van der Waals surface area (Å²) < 4.78 is 12.8. The number of nitrogens with one attached hydrogen (secondary N) is 1. The average molecular weight is 383 g/mol. The molecule has 0 atom stereocenters. The number of methoxy groups -OCH3 is 1. The number of hydrogen-bond acceptors (Lipinski definition) is 5. The monoisotopic (exact) mass is 382 g/mol. The average Bonchev–Trinajstić information content (AvgIpc) is 3.25. The normalized spacial score (nSPS) is 11.1. The predicted octanol–water partition coefficient (Wildman–Crippen LogP) is 4.77. The first-order valence-electron chi connectivity index (χ1n) is 8.46. The van der Waals surface area contributed by atoms with Crippen molar-refractivity contribution < 1.29 is 9.15 Å². The Morgan fingerprint density at radius 2 is 2.04 bits per heavy atom. The van der Waals surface area contributed by atoms with Gasteiger partial charge < -0.3 is 20.2 Å². The van der Waals surface area contributed by atoms with Crippen LogP contribution in [-0.2, 0) is 6.54 Å². The minimum atomic E-state index is 0.405. The second-order valence-corrected chi connectivity index (χ2v) is 6.60. The Bertz CT molecular complexity index is 1100. The van der Waals surface area contributed by atoms with Crippen molar-refractivity contribution in [3.8, 4) is 17.0 Å². The number of ether oxygens (including phenoxy) is 1. The van der Waals surface area contributed by atoms with Gasteiger partial charge in [-0.15, -0.1) is 0 Å². The smallest absolute Gasteiger partial charge is 0.197 e. The number of rotatable bonds is 5. The zero-order valence-electron chi connectivity index (χ0n) is 15.0. The van der Waals surface area contributed by atoms with Crippen LogP contribution in [0.5, 0.6) is 5.75 Å². The molecule has 3 heterocycles. The Kier molecular flexibility index (Phi) is 4.51. The van der Waals surface area contributed by atoms with Gasteiger partial charge in [-0.25, -0.2) is 4.98 Å². The highest BCUT2D eigenvalue weighted by atomic mass is 35.5. The number of benzene rings is 1. The number of anilines is 2. The van der Waals surface area contributed by atoms with Crippen molar-refractivity contribution in [2.75, 3.05) is 12.4 Å². The second-order valence-electron chi connectivity index (χ2n) is 6.19. The topological polar surface area (TPSA) is 77.7 Å². The first-order valence-corrected chi connectivity index (χ1v) is 8.84. The lowest BCUT2D eigenvalue weighted by Gasteiger charge is -2.05. The van der Waals surface area contributed by atoms with Crippen LogP contribution in [0.2, 0.25) is 5.02 Å². The maximum Gasteiger partial charge on any atom is 0.197 e. The summed E-state index contributed by atoms with van der Waals surface area (Å²) >= 11 is 6.37. The Hall–Kier alpha value is -2.96. The van der Waals surface area contributed by atoms with Gasteiger partial charge in [-0.2, -0.15) is 0 Å². The maximum atomic E-state index is 6.37. The number of aryl methyl sites for hydroxylation is 1. The number of nitrogens with zero attached hydrogens (tertiary/aromatic N) is 2. The van der Waals surface area contributed by atoms with E-state index < -0.39 is 0 Å². The van der Waals surface area contributed by atoms with Crippen LogP contribution in [0.25, 0.3) is 16.9 Å². The highest BCUT2D eigenvalue weighted by Crippen LogP contribution is 2.32. The van der Waals surface area contributed by atoms with Crippen LogP contribution in [0.15, 0.2) is 53.3 Å². The molecule has 138 valence electrons. The Balaban J connectivity index is 1.70. The molecule has 0 saturated heterocycles. The number of furan rings is 1. The molecule has 0 saturated carbocycles. The van der Waals surface area contributed by atoms with Gasteiger partial charge in [0.1, 0.15) is 12.0 Å². The largest absolute Gasteiger partial charge is 0.497 e. The van der Waals surface area contributed by atoms with Crippen molar-refractivity contribution in [2.24, 2.45) is 5.73 Å². The van der Waals surface area contributed by atoms with E-state index in [1.165, 1.54) is 0 Å². The molecule has 0 aliphatic heterocycles. The molecule has 1 aromatic carbocycles. The fourth-order valence-electron chi connectivity index (χ4n) is 3.07. The minimum Gasteiger partial charge on any atom is -0.497 e. The molecule has 0 unspecified atom stereocenters. The zero-order chi connectivity index (χ0) is 19.0. The van der Waals surface area contributed by atoms with E-state index in [9.17, 15) is 0 Å². The van der Waals surface area contributed by atoms with Gasteiger partial charge in [-0.3, -0.25) is 4.40 Å². The summed E-state index contributed by atoms with van der Waals surface area (Å²) in [5.41, 5.74) is 11.0. The number of pyridine rings is 1. The summed E-state index contributed by atoms with van der Waals surface area (Å²) in [4.78, 5) is 4.59. The van der Waals surface area contributed by atoms with Gasteiger partial charge in [0.15, 0.2) is 11.5 Å². The number of imidazole rings is 1. The third-order valence-electron chi connectivity index (χ3n) is 4.37. The van der Waals surface area contributed by atoms with E-state index in [2.05, 4.69) is 10.3 Å². The molecule has 0 aliphatic carbocycles. The standard InChI is InChI=1S/C20H19ClN4O2/c1-12-19(25-10-13(9-22)7-17(21)20(25)23-12)14-8-18(27-11-14)24-15-3-5-16(26-2)6-4-15/h3-8,10-11,24H,9,22H2,1-2H3. The predicted molar refractivity (Wildman–Crippen MR) is 107 cm³/mol. The lowest BCUT2D eigenvalue weighted by atomic mass is 10.2. The Morgan fingerprint density at radius 1 is 1.26 bits per heavy atom. The summed E-state index contributed by atoms with van der Waals surface area (Å²) in [6.07, 6.45) is 3.66. The molecule has 7 heteroatoms. The van der Waals surface area contributed by atoms with E-state index >= 15 is 0 Å².